The Morgan fingerprint density at radius 3 is 2.20 bits per heavy atom. The summed E-state index contributed by atoms with van der Waals surface area (Å²) in [4.78, 5) is 34.1. The molecule has 2 aliphatic rings. The monoisotopic (exact) mass is 212 g/mol. The van der Waals surface area contributed by atoms with Crippen LogP contribution in [-0.4, -0.2) is 23.0 Å². The molecule has 0 aromatic carbocycles. The molecule has 1 saturated carbocycles. The molecule has 2 rings (SSSR count). The number of hydrogen-bond acceptors (Lipinski definition) is 4. The van der Waals surface area contributed by atoms with Gasteiger partial charge in [0.2, 0.25) is 0 Å². The third-order valence-corrected chi connectivity index (χ3v) is 3.77. The van der Waals surface area contributed by atoms with E-state index in [1.807, 2.05) is 0 Å². The lowest BCUT2D eigenvalue weighted by molar-refractivity contribution is -0.218. The van der Waals surface area contributed by atoms with Crippen LogP contribution in [0.25, 0.3) is 0 Å². The van der Waals surface area contributed by atoms with Gasteiger partial charge in [0, 0.05) is 0 Å². The van der Waals surface area contributed by atoms with Gasteiger partial charge in [-0.3, -0.25) is 14.4 Å². The molecule has 1 N–H and O–H groups in total. The smallest absolute Gasteiger partial charge is 0.332 e. The van der Waals surface area contributed by atoms with Gasteiger partial charge in [0.25, 0.3) is 0 Å². The predicted octanol–water partition coefficient (Wildman–Crippen LogP) is 0.721. The fraction of sp³-hybridized carbons (Fsp3) is 0.700. The zero-order chi connectivity index (χ0) is 11.3. The Bertz CT molecular complexity index is 345. The second kappa shape index (κ2) is 2.81. The minimum absolute atomic E-state index is 0.299. The Morgan fingerprint density at radius 2 is 1.80 bits per heavy atom. The lowest BCUT2D eigenvalue weighted by Gasteiger charge is -2.49. The summed E-state index contributed by atoms with van der Waals surface area (Å²) in [6.07, 6.45) is 2.07. The van der Waals surface area contributed by atoms with E-state index in [2.05, 4.69) is 4.74 Å². The summed E-state index contributed by atoms with van der Waals surface area (Å²) >= 11 is 0. The minimum atomic E-state index is -1.41. The molecular weight excluding hydrogens is 200 g/mol. The minimum Gasteiger partial charge on any atom is -0.481 e. The Labute approximate surface area is 86.4 Å². The van der Waals surface area contributed by atoms with Crippen LogP contribution in [0, 0.1) is 10.8 Å². The van der Waals surface area contributed by atoms with E-state index in [9.17, 15) is 19.5 Å². The molecule has 1 saturated heterocycles. The molecule has 1 unspecified atom stereocenters. The molecule has 2 fully saturated rings. The van der Waals surface area contributed by atoms with Crippen LogP contribution < -0.4 is 0 Å². The van der Waals surface area contributed by atoms with Crippen LogP contribution in [0.15, 0.2) is 0 Å². The number of hydrogen-bond donors (Lipinski definition) is 1. The number of carbonyl (C=O) groups excluding carboxylic acids is 2. The normalized spacial score (nSPS) is 33.4. The van der Waals surface area contributed by atoms with Crippen LogP contribution in [0.3, 0.4) is 0 Å². The molecule has 0 aromatic rings. The van der Waals surface area contributed by atoms with Crippen LogP contribution in [0.4, 0.5) is 0 Å². The van der Waals surface area contributed by atoms with Gasteiger partial charge in [0.05, 0.1) is 5.41 Å². The first-order valence-corrected chi connectivity index (χ1v) is 4.95. The summed E-state index contributed by atoms with van der Waals surface area (Å²) in [5.74, 6) is -2.43. The highest BCUT2D eigenvalue weighted by atomic mass is 16.6. The molecule has 5 heteroatoms. The maximum atomic E-state index is 11.4. The largest absolute Gasteiger partial charge is 0.481 e. The highest BCUT2D eigenvalue weighted by Crippen LogP contribution is 2.56. The maximum Gasteiger partial charge on any atom is 0.332 e. The zero-order valence-corrected chi connectivity index (χ0v) is 8.41. The summed E-state index contributed by atoms with van der Waals surface area (Å²) < 4.78 is 4.34. The van der Waals surface area contributed by atoms with Gasteiger partial charge >= 0.3 is 17.9 Å². The van der Waals surface area contributed by atoms with Gasteiger partial charge in [-0.25, -0.2) is 0 Å². The van der Waals surface area contributed by atoms with E-state index in [1.165, 1.54) is 6.92 Å². The first-order valence-electron chi connectivity index (χ1n) is 4.95. The molecule has 0 aromatic heterocycles. The van der Waals surface area contributed by atoms with Crippen LogP contribution in [0.1, 0.15) is 32.6 Å². The molecule has 1 heterocycles. The van der Waals surface area contributed by atoms with Crippen molar-refractivity contribution < 1.29 is 24.2 Å². The van der Waals surface area contributed by atoms with Gasteiger partial charge in [-0.15, -0.1) is 0 Å². The molecule has 82 valence electrons. The number of esters is 2. The van der Waals surface area contributed by atoms with E-state index in [1.54, 1.807) is 0 Å². The average molecular weight is 212 g/mol. The maximum absolute atomic E-state index is 11.4. The summed E-state index contributed by atoms with van der Waals surface area (Å²) in [5.41, 5.74) is -2.70. The number of rotatable bonds is 1. The van der Waals surface area contributed by atoms with Crippen LogP contribution >= 0.6 is 0 Å². The van der Waals surface area contributed by atoms with Crippen molar-refractivity contribution in [1.82, 2.24) is 0 Å². The number of aliphatic carboxylic acids is 1. The van der Waals surface area contributed by atoms with E-state index >= 15 is 0 Å². The Balaban J connectivity index is 2.48. The first-order chi connectivity index (χ1) is 6.95. The van der Waals surface area contributed by atoms with E-state index in [0.29, 0.717) is 19.3 Å². The molecule has 0 radical (unpaired) electrons. The Kier molecular flexibility index (Phi) is 1.90. The van der Waals surface area contributed by atoms with Gasteiger partial charge in [-0.05, 0) is 19.8 Å². The fourth-order valence-corrected chi connectivity index (χ4v) is 2.60. The number of carboxylic acid groups (broad SMARTS) is 1. The van der Waals surface area contributed by atoms with Gasteiger partial charge < -0.3 is 9.84 Å². The third kappa shape index (κ3) is 0.952. The molecule has 1 aliphatic heterocycles. The van der Waals surface area contributed by atoms with E-state index in [0.717, 1.165) is 6.42 Å². The Hall–Kier alpha value is -1.39. The lowest BCUT2D eigenvalue weighted by atomic mass is 9.54. The molecule has 0 amide bonds. The van der Waals surface area contributed by atoms with Crippen LogP contribution in [0.2, 0.25) is 0 Å². The zero-order valence-electron chi connectivity index (χ0n) is 8.41. The number of cyclic esters (lactones) is 2. The van der Waals surface area contributed by atoms with Gasteiger partial charge in [-0.2, -0.15) is 0 Å². The van der Waals surface area contributed by atoms with Gasteiger partial charge in [-0.1, -0.05) is 12.8 Å². The van der Waals surface area contributed by atoms with Gasteiger partial charge in [0.1, 0.15) is 0 Å². The van der Waals surface area contributed by atoms with Crippen molar-refractivity contribution in [3.63, 3.8) is 0 Å². The highest BCUT2D eigenvalue weighted by molar-refractivity contribution is 6.17. The summed E-state index contributed by atoms with van der Waals surface area (Å²) in [6.45, 7) is 1.47. The standard InChI is InChI=1S/C10H12O5/c1-9(6(11)12)4-2-3-5-10(9)7(13)15-8(10)14/h2-5H2,1H3,(H,11,12). The topological polar surface area (TPSA) is 80.7 Å². The second-order valence-electron chi connectivity index (χ2n) is 4.43. The third-order valence-electron chi connectivity index (χ3n) is 3.77. The van der Waals surface area contributed by atoms with Crippen molar-refractivity contribution >= 4 is 17.9 Å². The van der Waals surface area contributed by atoms with Crippen LogP contribution in [-0.2, 0) is 19.1 Å². The molecule has 15 heavy (non-hydrogen) atoms. The summed E-state index contributed by atoms with van der Waals surface area (Å²) in [5, 5.41) is 9.17. The van der Waals surface area contributed by atoms with Crippen molar-refractivity contribution in [1.29, 1.82) is 0 Å². The van der Waals surface area contributed by atoms with Crippen molar-refractivity contribution in [2.75, 3.05) is 0 Å². The Morgan fingerprint density at radius 1 is 1.27 bits per heavy atom. The molecule has 1 spiro atoms. The predicted molar refractivity (Wildman–Crippen MR) is 47.7 cm³/mol. The number of carboxylic acids is 1. The average Bonchev–Trinajstić information content (AvgIpc) is 2.18. The quantitative estimate of drug-likeness (QED) is 0.511. The molecule has 0 bridgehead atoms. The fourth-order valence-electron chi connectivity index (χ4n) is 2.60. The first kappa shape index (κ1) is 10.1. The second-order valence-corrected chi connectivity index (χ2v) is 4.43. The summed E-state index contributed by atoms with van der Waals surface area (Å²) in [7, 11) is 0. The van der Waals surface area contributed by atoms with Crippen molar-refractivity contribution in [2.24, 2.45) is 10.8 Å². The number of ether oxygens (including phenoxy) is 1. The van der Waals surface area contributed by atoms with Crippen LogP contribution in [0.5, 0.6) is 0 Å². The van der Waals surface area contributed by atoms with Gasteiger partial charge in [0.15, 0.2) is 5.41 Å². The summed E-state index contributed by atoms with van der Waals surface area (Å²) in [6, 6.07) is 0. The lowest BCUT2D eigenvalue weighted by Crippen LogP contribution is -2.65. The van der Waals surface area contributed by atoms with E-state index in [4.69, 9.17) is 0 Å². The highest BCUT2D eigenvalue weighted by Gasteiger charge is 2.72. The van der Waals surface area contributed by atoms with Crippen molar-refractivity contribution in [2.45, 2.75) is 32.6 Å². The molecule has 5 nitrogen and oxygen atoms in total. The molecular formula is C10H12O5. The van der Waals surface area contributed by atoms with Crippen molar-refractivity contribution in [3.05, 3.63) is 0 Å². The molecule has 1 atom stereocenters. The van der Waals surface area contributed by atoms with E-state index in [-0.39, 0.29) is 0 Å². The van der Waals surface area contributed by atoms with Crippen molar-refractivity contribution in [3.8, 4) is 0 Å². The van der Waals surface area contributed by atoms with E-state index < -0.39 is 28.7 Å². The molecule has 1 aliphatic carbocycles. The SMILES string of the molecule is CC1(C(=O)O)CCCCC12C(=O)OC2=O. The number of carbonyl (C=O) groups is 3.